The molecule has 7 nitrogen and oxygen atoms in total. The Bertz CT molecular complexity index is 849. The van der Waals surface area contributed by atoms with Gasteiger partial charge in [0.25, 0.3) is 0 Å². The Morgan fingerprint density at radius 2 is 1.89 bits per heavy atom. The lowest BCUT2D eigenvalue weighted by Crippen LogP contribution is -2.40. The summed E-state index contributed by atoms with van der Waals surface area (Å²) < 4.78 is 10.6. The fraction of sp³-hybridized carbons (Fsp3) is 0.333. The van der Waals surface area contributed by atoms with Crippen molar-refractivity contribution in [2.75, 3.05) is 39.7 Å². The van der Waals surface area contributed by atoms with Crippen LogP contribution in [0.5, 0.6) is 11.5 Å². The fourth-order valence-electron chi connectivity index (χ4n) is 3.14. The van der Waals surface area contributed by atoms with Gasteiger partial charge in [-0.15, -0.1) is 0 Å². The van der Waals surface area contributed by atoms with Crippen LogP contribution in [0.3, 0.4) is 0 Å². The topological polar surface area (TPSA) is 79.9 Å². The number of anilines is 1. The number of nitrogens with zero attached hydrogens (tertiary/aromatic N) is 1. The van der Waals surface area contributed by atoms with Crippen LogP contribution in [0.4, 0.5) is 5.69 Å². The molecule has 3 rings (SSSR count). The number of rotatable bonds is 6. The SMILES string of the molecule is COc1ccc(NC(=O)C(=O)NCC(c2ccc3c(c2)CCO3)N(C)C)cc1. The van der Waals surface area contributed by atoms with Gasteiger partial charge in [-0.2, -0.15) is 0 Å². The average molecular weight is 383 g/mol. The molecule has 1 unspecified atom stereocenters. The number of amides is 2. The Labute approximate surface area is 164 Å². The van der Waals surface area contributed by atoms with Crippen molar-refractivity contribution >= 4 is 17.5 Å². The van der Waals surface area contributed by atoms with Gasteiger partial charge in [-0.3, -0.25) is 9.59 Å². The number of fused-ring (bicyclic) bond motifs is 1. The van der Waals surface area contributed by atoms with Gasteiger partial charge in [-0.1, -0.05) is 12.1 Å². The lowest BCUT2D eigenvalue weighted by molar-refractivity contribution is -0.136. The summed E-state index contributed by atoms with van der Waals surface area (Å²) in [6, 6.07) is 12.8. The zero-order chi connectivity index (χ0) is 20.1. The molecule has 1 atom stereocenters. The van der Waals surface area contributed by atoms with Crippen molar-refractivity contribution in [2.45, 2.75) is 12.5 Å². The average Bonchev–Trinajstić information content (AvgIpc) is 3.16. The molecule has 0 fully saturated rings. The molecule has 0 aliphatic carbocycles. The van der Waals surface area contributed by atoms with Gasteiger partial charge in [0.2, 0.25) is 0 Å². The molecule has 0 saturated heterocycles. The first-order chi connectivity index (χ1) is 13.5. The highest BCUT2D eigenvalue weighted by molar-refractivity contribution is 6.39. The van der Waals surface area contributed by atoms with E-state index >= 15 is 0 Å². The van der Waals surface area contributed by atoms with Gasteiger partial charge >= 0.3 is 11.8 Å². The van der Waals surface area contributed by atoms with Crippen molar-refractivity contribution in [1.29, 1.82) is 0 Å². The van der Waals surface area contributed by atoms with E-state index in [2.05, 4.69) is 16.7 Å². The van der Waals surface area contributed by atoms with E-state index in [1.807, 2.05) is 31.1 Å². The first-order valence-electron chi connectivity index (χ1n) is 9.13. The van der Waals surface area contributed by atoms with Gasteiger partial charge < -0.3 is 25.0 Å². The number of nitrogens with one attached hydrogen (secondary N) is 2. The molecular weight excluding hydrogens is 358 g/mol. The van der Waals surface area contributed by atoms with E-state index in [0.29, 0.717) is 24.6 Å². The summed E-state index contributed by atoms with van der Waals surface area (Å²) in [7, 11) is 5.45. The fourth-order valence-corrected chi connectivity index (χ4v) is 3.14. The van der Waals surface area contributed by atoms with Gasteiger partial charge in [-0.25, -0.2) is 0 Å². The first-order valence-corrected chi connectivity index (χ1v) is 9.13. The molecule has 0 aromatic heterocycles. The molecule has 28 heavy (non-hydrogen) atoms. The van der Waals surface area contributed by atoms with Crippen LogP contribution in [0.1, 0.15) is 17.2 Å². The van der Waals surface area contributed by atoms with Crippen molar-refractivity contribution in [3.63, 3.8) is 0 Å². The van der Waals surface area contributed by atoms with Gasteiger partial charge in [-0.05, 0) is 55.6 Å². The number of methoxy groups -OCH3 is 1. The molecular formula is C21H25N3O4. The number of benzene rings is 2. The quantitative estimate of drug-likeness (QED) is 0.746. The Morgan fingerprint density at radius 3 is 2.57 bits per heavy atom. The van der Waals surface area contributed by atoms with E-state index in [1.54, 1.807) is 31.4 Å². The van der Waals surface area contributed by atoms with Crippen LogP contribution < -0.4 is 20.1 Å². The molecule has 1 aliphatic rings. The maximum atomic E-state index is 12.2. The molecule has 0 spiro atoms. The van der Waals surface area contributed by atoms with E-state index in [-0.39, 0.29) is 6.04 Å². The molecule has 2 aromatic carbocycles. The third-order valence-corrected chi connectivity index (χ3v) is 4.73. The van der Waals surface area contributed by atoms with Crippen molar-refractivity contribution in [3.8, 4) is 11.5 Å². The molecule has 1 heterocycles. The van der Waals surface area contributed by atoms with E-state index in [0.717, 1.165) is 17.7 Å². The first kappa shape index (κ1) is 19.7. The standard InChI is InChI=1S/C21H25N3O4/c1-24(2)18(14-4-9-19-15(12-14)10-11-28-19)13-22-20(25)21(26)23-16-5-7-17(27-3)8-6-16/h4-9,12,18H,10-11,13H2,1-3H3,(H,22,25)(H,23,26). The second-order valence-electron chi connectivity index (χ2n) is 6.84. The maximum Gasteiger partial charge on any atom is 0.313 e. The second-order valence-corrected chi connectivity index (χ2v) is 6.84. The van der Waals surface area contributed by atoms with Gasteiger partial charge in [0, 0.05) is 18.7 Å². The maximum absolute atomic E-state index is 12.2. The summed E-state index contributed by atoms with van der Waals surface area (Å²) >= 11 is 0. The van der Waals surface area contributed by atoms with E-state index < -0.39 is 11.8 Å². The van der Waals surface area contributed by atoms with Crippen molar-refractivity contribution in [2.24, 2.45) is 0 Å². The summed E-state index contributed by atoms with van der Waals surface area (Å²) in [6.45, 7) is 1.02. The summed E-state index contributed by atoms with van der Waals surface area (Å²) in [5.41, 5.74) is 2.78. The number of hydrogen-bond donors (Lipinski definition) is 2. The van der Waals surface area contributed by atoms with Crippen LogP contribution in [-0.2, 0) is 16.0 Å². The predicted octanol–water partition coefficient (Wildman–Crippen LogP) is 1.99. The van der Waals surface area contributed by atoms with Crippen LogP contribution in [0.2, 0.25) is 0 Å². The highest BCUT2D eigenvalue weighted by Crippen LogP contribution is 2.29. The molecule has 1 aliphatic heterocycles. The van der Waals surface area contributed by atoms with Crippen LogP contribution in [0, 0.1) is 0 Å². The largest absolute Gasteiger partial charge is 0.497 e. The highest BCUT2D eigenvalue weighted by Gasteiger charge is 2.21. The highest BCUT2D eigenvalue weighted by atomic mass is 16.5. The second kappa shape index (κ2) is 8.75. The van der Waals surface area contributed by atoms with Crippen LogP contribution in [0.15, 0.2) is 42.5 Å². The molecule has 0 bridgehead atoms. The summed E-state index contributed by atoms with van der Waals surface area (Å²) in [5.74, 6) is 0.220. The molecule has 2 aromatic rings. The van der Waals surface area contributed by atoms with E-state index in [4.69, 9.17) is 9.47 Å². The zero-order valence-electron chi connectivity index (χ0n) is 16.3. The lowest BCUT2D eigenvalue weighted by Gasteiger charge is -2.25. The minimum Gasteiger partial charge on any atom is -0.497 e. The summed E-state index contributed by atoms with van der Waals surface area (Å²) in [5, 5.41) is 5.31. The molecule has 148 valence electrons. The summed E-state index contributed by atoms with van der Waals surface area (Å²) in [4.78, 5) is 26.4. The Kier molecular flexibility index (Phi) is 6.16. The monoisotopic (exact) mass is 383 g/mol. The molecule has 0 saturated carbocycles. The van der Waals surface area contributed by atoms with Gasteiger partial charge in [0.1, 0.15) is 11.5 Å². The number of carbonyl (C=O) groups excluding carboxylic acids is 2. The molecule has 2 amide bonds. The number of hydrogen-bond acceptors (Lipinski definition) is 5. The van der Waals surface area contributed by atoms with Crippen LogP contribution >= 0.6 is 0 Å². The zero-order valence-corrected chi connectivity index (χ0v) is 16.3. The third kappa shape index (κ3) is 4.61. The van der Waals surface area contributed by atoms with Crippen LogP contribution in [-0.4, -0.2) is 51.1 Å². The number of carbonyl (C=O) groups is 2. The Hall–Kier alpha value is -3.06. The normalized spacial score (nSPS) is 13.4. The van der Waals surface area contributed by atoms with Crippen molar-refractivity contribution in [1.82, 2.24) is 10.2 Å². The smallest absolute Gasteiger partial charge is 0.313 e. The van der Waals surface area contributed by atoms with E-state index in [9.17, 15) is 9.59 Å². The number of likely N-dealkylation sites (N-methyl/N-ethyl adjacent to an activating group) is 1. The van der Waals surface area contributed by atoms with Crippen LogP contribution in [0.25, 0.3) is 0 Å². The van der Waals surface area contributed by atoms with E-state index in [1.165, 1.54) is 5.56 Å². The van der Waals surface area contributed by atoms with Crippen molar-refractivity contribution in [3.05, 3.63) is 53.6 Å². The lowest BCUT2D eigenvalue weighted by atomic mass is 10.0. The molecule has 7 heteroatoms. The predicted molar refractivity (Wildman–Crippen MR) is 107 cm³/mol. The molecule has 2 N–H and O–H groups in total. The minimum absolute atomic E-state index is 0.0522. The van der Waals surface area contributed by atoms with Gasteiger partial charge in [0.15, 0.2) is 0 Å². The number of ether oxygens (including phenoxy) is 2. The molecule has 0 radical (unpaired) electrons. The van der Waals surface area contributed by atoms with Crippen molar-refractivity contribution < 1.29 is 19.1 Å². The minimum atomic E-state index is -0.704. The third-order valence-electron chi connectivity index (χ3n) is 4.73. The summed E-state index contributed by atoms with van der Waals surface area (Å²) in [6.07, 6.45) is 0.889. The Morgan fingerprint density at radius 1 is 1.14 bits per heavy atom. The van der Waals surface area contributed by atoms with Gasteiger partial charge in [0.05, 0.1) is 19.8 Å². The Balaban J connectivity index is 1.59.